The normalized spacial score (nSPS) is 29.6. The zero-order chi connectivity index (χ0) is 14.1. The van der Waals surface area contributed by atoms with E-state index in [2.05, 4.69) is 19.1 Å². The van der Waals surface area contributed by atoms with Crippen molar-refractivity contribution in [1.29, 1.82) is 0 Å². The van der Waals surface area contributed by atoms with E-state index in [9.17, 15) is 10.2 Å². The highest BCUT2D eigenvalue weighted by atomic mass is 16.5. The van der Waals surface area contributed by atoms with Gasteiger partial charge in [0.05, 0.1) is 24.9 Å². The second-order valence-corrected chi connectivity index (χ2v) is 5.23. The molecule has 4 unspecified atom stereocenters. The Labute approximate surface area is 117 Å². The summed E-state index contributed by atoms with van der Waals surface area (Å²) in [6, 6.07) is 0. The molecular weight excluding hydrogens is 240 g/mol. The smallest absolute Gasteiger partial charge is 0.0830 e. The van der Waals surface area contributed by atoms with E-state index in [1.165, 1.54) is 6.42 Å². The van der Waals surface area contributed by atoms with Gasteiger partial charge >= 0.3 is 0 Å². The monoisotopic (exact) mass is 268 g/mol. The lowest BCUT2D eigenvalue weighted by molar-refractivity contribution is 0.107. The molecular formula is C16H28O3. The molecule has 0 amide bonds. The summed E-state index contributed by atoms with van der Waals surface area (Å²) >= 11 is 0. The molecule has 3 heteroatoms. The van der Waals surface area contributed by atoms with E-state index in [0.717, 1.165) is 19.3 Å². The third-order valence-corrected chi connectivity index (χ3v) is 3.61. The lowest BCUT2D eigenvalue weighted by atomic mass is 9.93. The average Bonchev–Trinajstić information content (AvgIpc) is 2.77. The molecule has 1 fully saturated rings. The van der Waals surface area contributed by atoms with Crippen molar-refractivity contribution in [3.05, 3.63) is 24.3 Å². The fourth-order valence-corrected chi connectivity index (χ4v) is 2.30. The highest BCUT2D eigenvalue weighted by Gasteiger charge is 2.33. The highest BCUT2D eigenvalue weighted by molar-refractivity contribution is 5.01. The summed E-state index contributed by atoms with van der Waals surface area (Å²) in [5.41, 5.74) is 0. The summed E-state index contributed by atoms with van der Waals surface area (Å²) in [4.78, 5) is 0. The molecule has 19 heavy (non-hydrogen) atoms. The Balaban J connectivity index is 2.41. The maximum absolute atomic E-state index is 9.94. The molecule has 0 saturated carbocycles. The fourth-order valence-electron chi connectivity index (χ4n) is 2.30. The second-order valence-electron chi connectivity index (χ2n) is 5.23. The van der Waals surface area contributed by atoms with Crippen LogP contribution in [-0.2, 0) is 4.74 Å². The van der Waals surface area contributed by atoms with Gasteiger partial charge in [0.25, 0.3) is 0 Å². The molecule has 1 rings (SSSR count). The van der Waals surface area contributed by atoms with Crippen molar-refractivity contribution in [2.45, 2.75) is 64.3 Å². The predicted molar refractivity (Wildman–Crippen MR) is 78.0 cm³/mol. The minimum atomic E-state index is -0.411. The second kappa shape index (κ2) is 9.29. The molecule has 4 atom stereocenters. The van der Waals surface area contributed by atoms with E-state index >= 15 is 0 Å². The van der Waals surface area contributed by atoms with E-state index in [1.54, 1.807) is 6.08 Å². The van der Waals surface area contributed by atoms with Gasteiger partial charge in [0.1, 0.15) is 0 Å². The molecule has 0 spiro atoms. The van der Waals surface area contributed by atoms with Crippen LogP contribution in [0.4, 0.5) is 0 Å². The van der Waals surface area contributed by atoms with Crippen LogP contribution in [0.3, 0.4) is 0 Å². The van der Waals surface area contributed by atoms with E-state index in [-0.39, 0.29) is 18.1 Å². The lowest BCUT2D eigenvalue weighted by Crippen LogP contribution is -2.22. The molecule has 0 aromatic carbocycles. The number of rotatable bonds is 8. The van der Waals surface area contributed by atoms with Crippen LogP contribution in [-0.4, -0.2) is 35.1 Å². The summed E-state index contributed by atoms with van der Waals surface area (Å²) in [6.07, 6.45) is 12.1. The Hall–Kier alpha value is -0.640. The number of allylic oxidation sites excluding steroid dienone is 2. The fraction of sp³-hybridized carbons (Fsp3) is 0.750. The Morgan fingerprint density at radius 2 is 2.00 bits per heavy atom. The quantitative estimate of drug-likeness (QED) is 0.666. The van der Waals surface area contributed by atoms with Crippen LogP contribution in [0.1, 0.15) is 46.0 Å². The molecule has 1 saturated heterocycles. The Morgan fingerprint density at radius 3 is 2.68 bits per heavy atom. The first-order valence-corrected chi connectivity index (χ1v) is 7.50. The van der Waals surface area contributed by atoms with Crippen LogP contribution >= 0.6 is 0 Å². The van der Waals surface area contributed by atoms with E-state index in [1.807, 2.05) is 13.0 Å². The molecule has 0 radical (unpaired) electrons. The maximum Gasteiger partial charge on any atom is 0.0830 e. The Kier molecular flexibility index (Phi) is 8.03. The summed E-state index contributed by atoms with van der Waals surface area (Å²) in [5, 5.41) is 19.5. The number of aliphatic hydroxyl groups is 2. The highest BCUT2D eigenvalue weighted by Crippen LogP contribution is 2.27. The van der Waals surface area contributed by atoms with Crippen LogP contribution in [0.2, 0.25) is 0 Å². The van der Waals surface area contributed by atoms with Crippen molar-refractivity contribution in [1.82, 2.24) is 0 Å². The van der Waals surface area contributed by atoms with E-state index < -0.39 is 6.10 Å². The van der Waals surface area contributed by atoms with E-state index in [4.69, 9.17) is 4.74 Å². The molecule has 1 aliphatic heterocycles. The molecule has 110 valence electrons. The predicted octanol–water partition coefficient (Wildman–Crippen LogP) is 2.83. The molecule has 0 aromatic rings. The molecule has 3 nitrogen and oxygen atoms in total. The summed E-state index contributed by atoms with van der Waals surface area (Å²) in [7, 11) is 0. The zero-order valence-corrected chi connectivity index (χ0v) is 12.2. The number of ether oxygens (including phenoxy) is 1. The van der Waals surface area contributed by atoms with Gasteiger partial charge in [-0.2, -0.15) is 0 Å². The minimum Gasteiger partial charge on any atom is -0.390 e. The van der Waals surface area contributed by atoms with Crippen molar-refractivity contribution in [2.75, 3.05) is 6.61 Å². The van der Waals surface area contributed by atoms with Gasteiger partial charge in [0.15, 0.2) is 0 Å². The summed E-state index contributed by atoms with van der Waals surface area (Å²) < 4.78 is 5.58. The first kappa shape index (κ1) is 16.4. The van der Waals surface area contributed by atoms with Gasteiger partial charge in [0, 0.05) is 5.92 Å². The third-order valence-electron chi connectivity index (χ3n) is 3.61. The van der Waals surface area contributed by atoms with Gasteiger partial charge in [-0.25, -0.2) is 0 Å². The molecule has 0 aromatic heterocycles. The van der Waals surface area contributed by atoms with Crippen molar-refractivity contribution < 1.29 is 14.9 Å². The number of hydrogen-bond acceptors (Lipinski definition) is 3. The van der Waals surface area contributed by atoms with Crippen molar-refractivity contribution in [3.8, 4) is 0 Å². The third kappa shape index (κ3) is 5.89. The molecule has 1 aliphatic rings. The maximum atomic E-state index is 9.94. The Morgan fingerprint density at radius 1 is 1.26 bits per heavy atom. The number of hydrogen-bond donors (Lipinski definition) is 2. The van der Waals surface area contributed by atoms with Crippen LogP contribution in [0.25, 0.3) is 0 Å². The van der Waals surface area contributed by atoms with Gasteiger partial charge in [0.2, 0.25) is 0 Å². The summed E-state index contributed by atoms with van der Waals surface area (Å²) in [6.45, 7) is 4.51. The molecule has 0 aliphatic carbocycles. The first-order chi connectivity index (χ1) is 9.19. The molecule has 0 bridgehead atoms. The van der Waals surface area contributed by atoms with Gasteiger partial charge < -0.3 is 14.9 Å². The van der Waals surface area contributed by atoms with E-state index in [0.29, 0.717) is 13.0 Å². The lowest BCUT2D eigenvalue weighted by Gasteiger charge is -2.17. The topological polar surface area (TPSA) is 49.7 Å². The van der Waals surface area contributed by atoms with Gasteiger partial charge in [-0.3, -0.25) is 0 Å². The SMILES string of the molecule is CCC/C=C/CCC1C(O)COC1/C=C/C(O)CC. The van der Waals surface area contributed by atoms with Gasteiger partial charge in [-0.05, 0) is 25.7 Å². The number of aliphatic hydroxyl groups excluding tert-OH is 2. The largest absolute Gasteiger partial charge is 0.390 e. The van der Waals surface area contributed by atoms with Crippen molar-refractivity contribution in [3.63, 3.8) is 0 Å². The van der Waals surface area contributed by atoms with Crippen LogP contribution in [0, 0.1) is 5.92 Å². The van der Waals surface area contributed by atoms with Gasteiger partial charge in [-0.15, -0.1) is 0 Å². The first-order valence-electron chi connectivity index (χ1n) is 7.50. The standard InChI is InChI=1S/C16H28O3/c1-3-5-6-7-8-9-14-15(18)12-19-16(14)11-10-13(17)4-2/h6-7,10-11,13-18H,3-5,8-9,12H2,1-2H3/b7-6+,11-10+. The average molecular weight is 268 g/mol. The Bertz CT molecular complexity index is 286. The molecule has 2 N–H and O–H groups in total. The minimum absolute atomic E-state index is 0.0595. The van der Waals surface area contributed by atoms with Crippen LogP contribution < -0.4 is 0 Å². The van der Waals surface area contributed by atoms with Crippen LogP contribution in [0.15, 0.2) is 24.3 Å². The van der Waals surface area contributed by atoms with Crippen molar-refractivity contribution >= 4 is 0 Å². The summed E-state index contributed by atoms with van der Waals surface area (Å²) in [5.74, 6) is 0.145. The number of unbranched alkanes of at least 4 members (excludes halogenated alkanes) is 1. The molecule has 1 heterocycles. The van der Waals surface area contributed by atoms with Crippen molar-refractivity contribution in [2.24, 2.45) is 5.92 Å². The van der Waals surface area contributed by atoms with Crippen LogP contribution in [0.5, 0.6) is 0 Å². The zero-order valence-electron chi connectivity index (χ0n) is 12.2. The van der Waals surface area contributed by atoms with Gasteiger partial charge in [-0.1, -0.05) is 44.6 Å².